The molecule has 0 bridgehead atoms. The van der Waals surface area contributed by atoms with Crippen molar-refractivity contribution in [3.8, 4) is 5.75 Å². The van der Waals surface area contributed by atoms with E-state index in [2.05, 4.69) is 37.8 Å². The van der Waals surface area contributed by atoms with E-state index in [1.165, 1.54) is 11.1 Å². The first kappa shape index (κ1) is 17.3. The zero-order chi connectivity index (χ0) is 16.2. The van der Waals surface area contributed by atoms with Crippen LogP contribution in [-0.4, -0.2) is 50.6 Å². The summed E-state index contributed by atoms with van der Waals surface area (Å²) in [4.78, 5) is 2.27. The largest absolute Gasteiger partial charge is 0.494 e. The minimum absolute atomic E-state index is 0.191. The van der Waals surface area contributed by atoms with Gasteiger partial charge in [0.05, 0.1) is 18.1 Å². The SMILES string of the molecule is CCN(CCCOc1ccc(C)c(C)c1)[C@@H]1CCS(=O)(=O)C1. The molecule has 2 rings (SSSR count). The van der Waals surface area contributed by atoms with E-state index in [1.807, 2.05) is 6.07 Å². The molecule has 1 aromatic carbocycles. The van der Waals surface area contributed by atoms with Gasteiger partial charge in [0, 0.05) is 12.6 Å². The quantitative estimate of drug-likeness (QED) is 0.723. The van der Waals surface area contributed by atoms with Crippen LogP contribution in [0, 0.1) is 13.8 Å². The summed E-state index contributed by atoms with van der Waals surface area (Å²) in [6, 6.07) is 6.34. The van der Waals surface area contributed by atoms with Crippen molar-refractivity contribution in [2.24, 2.45) is 0 Å². The second kappa shape index (κ2) is 7.47. The van der Waals surface area contributed by atoms with Crippen LogP contribution in [0.3, 0.4) is 0 Å². The van der Waals surface area contributed by atoms with Gasteiger partial charge in [0.2, 0.25) is 0 Å². The van der Waals surface area contributed by atoms with Crippen LogP contribution >= 0.6 is 0 Å². The van der Waals surface area contributed by atoms with Gasteiger partial charge in [0.1, 0.15) is 5.75 Å². The van der Waals surface area contributed by atoms with E-state index in [9.17, 15) is 8.42 Å². The summed E-state index contributed by atoms with van der Waals surface area (Å²) in [5.74, 6) is 1.57. The molecule has 1 saturated heterocycles. The first-order valence-corrected chi connectivity index (χ1v) is 9.88. The molecule has 1 aliphatic heterocycles. The maximum Gasteiger partial charge on any atom is 0.151 e. The number of ether oxygens (including phenoxy) is 1. The predicted octanol–water partition coefficient (Wildman–Crippen LogP) is 2.58. The zero-order valence-electron chi connectivity index (χ0n) is 13.8. The molecule has 1 fully saturated rings. The number of aryl methyl sites for hydroxylation is 2. The van der Waals surface area contributed by atoms with Crippen molar-refractivity contribution in [3.63, 3.8) is 0 Å². The Morgan fingerprint density at radius 3 is 2.64 bits per heavy atom. The molecule has 0 N–H and O–H groups in total. The summed E-state index contributed by atoms with van der Waals surface area (Å²) >= 11 is 0. The van der Waals surface area contributed by atoms with Crippen LogP contribution in [0.1, 0.15) is 30.9 Å². The fourth-order valence-electron chi connectivity index (χ4n) is 2.92. The van der Waals surface area contributed by atoms with E-state index in [-0.39, 0.29) is 6.04 Å². The first-order valence-electron chi connectivity index (χ1n) is 8.06. The summed E-state index contributed by atoms with van der Waals surface area (Å²) in [5, 5.41) is 0. The third-order valence-corrected chi connectivity index (χ3v) is 6.22. The lowest BCUT2D eigenvalue weighted by Gasteiger charge is -2.26. The van der Waals surface area contributed by atoms with Crippen LogP contribution in [0.25, 0.3) is 0 Å². The maximum absolute atomic E-state index is 11.6. The lowest BCUT2D eigenvalue weighted by atomic mass is 10.1. The molecule has 5 heteroatoms. The van der Waals surface area contributed by atoms with Crippen molar-refractivity contribution in [3.05, 3.63) is 29.3 Å². The molecule has 0 unspecified atom stereocenters. The molecular formula is C17H27NO3S. The van der Waals surface area contributed by atoms with E-state index in [0.29, 0.717) is 18.1 Å². The Morgan fingerprint density at radius 1 is 1.27 bits per heavy atom. The van der Waals surface area contributed by atoms with E-state index < -0.39 is 9.84 Å². The normalized spacial score (nSPS) is 20.5. The molecule has 22 heavy (non-hydrogen) atoms. The van der Waals surface area contributed by atoms with Crippen molar-refractivity contribution in [1.82, 2.24) is 4.90 Å². The van der Waals surface area contributed by atoms with E-state index in [0.717, 1.165) is 31.7 Å². The van der Waals surface area contributed by atoms with Gasteiger partial charge in [0.25, 0.3) is 0 Å². The van der Waals surface area contributed by atoms with Crippen LogP contribution < -0.4 is 4.74 Å². The van der Waals surface area contributed by atoms with Crippen LogP contribution in [0.15, 0.2) is 18.2 Å². The van der Waals surface area contributed by atoms with Gasteiger partial charge in [-0.25, -0.2) is 8.42 Å². The topological polar surface area (TPSA) is 46.6 Å². The summed E-state index contributed by atoms with van der Waals surface area (Å²) in [7, 11) is -2.81. The number of nitrogens with zero attached hydrogens (tertiary/aromatic N) is 1. The third kappa shape index (κ3) is 4.71. The van der Waals surface area contributed by atoms with Crippen LogP contribution in [0.2, 0.25) is 0 Å². The first-order chi connectivity index (χ1) is 10.4. The predicted molar refractivity (Wildman–Crippen MR) is 90.3 cm³/mol. The molecule has 1 aliphatic rings. The summed E-state index contributed by atoms with van der Waals surface area (Å²) in [5.41, 5.74) is 2.51. The Balaban J connectivity index is 1.76. The van der Waals surface area contributed by atoms with Gasteiger partial charge >= 0.3 is 0 Å². The molecule has 0 amide bonds. The van der Waals surface area contributed by atoms with Crippen LogP contribution in [-0.2, 0) is 9.84 Å². The van der Waals surface area contributed by atoms with E-state index in [1.54, 1.807) is 0 Å². The lowest BCUT2D eigenvalue weighted by Crippen LogP contribution is -2.37. The molecule has 124 valence electrons. The standard InChI is InChI=1S/C17H27NO3S/c1-4-18(16-8-11-22(19,20)13-16)9-5-10-21-17-7-6-14(2)15(3)12-17/h6-7,12,16H,4-5,8-11,13H2,1-3H3/t16-/m1/s1. The molecular weight excluding hydrogens is 298 g/mol. The number of rotatable bonds is 7. The molecule has 0 radical (unpaired) electrons. The van der Waals surface area contributed by atoms with Crippen molar-refractivity contribution < 1.29 is 13.2 Å². The highest BCUT2D eigenvalue weighted by molar-refractivity contribution is 7.91. The fourth-order valence-corrected chi connectivity index (χ4v) is 4.69. The van der Waals surface area contributed by atoms with Crippen molar-refractivity contribution in [1.29, 1.82) is 0 Å². The van der Waals surface area contributed by atoms with E-state index in [4.69, 9.17) is 4.74 Å². The second-order valence-corrected chi connectivity index (χ2v) is 8.36. The van der Waals surface area contributed by atoms with Crippen LogP contribution in [0.4, 0.5) is 0 Å². The average molecular weight is 325 g/mol. The molecule has 0 saturated carbocycles. The van der Waals surface area contributed by atoms with Gasteiger partial charge in [0.15, 0.2) is 9.84 Å². The number of hydrogen-bond donors (Lipinski definition) is 0. The Hall–Kier alpha value is -1.07. The molecule has 4 nitrogen and oxygen atoms in total. The molecule has 0 spiro atoms. The highest BCUT2D eigenvalue weighted by Crippen LogP contribution is 2.19. The van der Waals surface area contributed by atoms with Crippen molar-refractivity contribution in [2.45, 2.75) is 39.7 Å². The molecule has 0 aromatic heterocycles. The van der Waals surface area contributed by atoms with Gasteiger partial charge in [-0.2, -0.15) is 0 Å². The van der Waals surface area contributed by atoms with E-state index >= 15 is 0 Å². The summed E-state index contributed by atoms with van der Waals surface area (Å²) in [6.45, 7) is 8.72. The van der Waals surface area contributed by atoms with Crippen molar-refractivity contribution >= 4 is 9.84 Å². The van der Waals surface area contributed by atoms with Gasteiger partial charge in [-0.05, 0) is 56.5 Å². The lowest BCUT2D eigenvalue weighted by molar-refractivity contribution is 0.199. The minimum Gasteiger partial charge on any atom is -0.494 e. The Morgan fingerprint density at radius 2 is 2.05 bits per heavy atom. The second-order valence-electron chi connectivity index (χ2n) is 6.13. The maximum atomic E-state index is 11.6. The summed E-state index contributed by atoms with van der Waals surface area (Å²) < 4.78 is 29.0. The Bertz CT molecular complexity index is 598. The number of hydrogen-bond acceptors (Lipinski definition) is 4. The molecule has 1 atom stereocenters. The highest BCUT2D eigenvalue weighted by Gasteiger charge is 2.31. The number of sulfone groups is 1. The van der Waals surface area contributed by atoms with Gasteiger partial charge < -0.3 is 4.74 Å². The highest BCUT2D eigenvalue weighted by atomic mass is 32.2. The smallest absolute Gasteiger partial charge is 0.151 e. The Labute approximate surface area is 134 Å². The Kier molecular flexibility index (Phi) is 5.87. The molecule has 1 aromatic rings. The summed E-state index contributed by atoms with van der Waals surface area (Å²) in [6.07, 6.45) is 1.69. The van der Waals surface area contributed by atoms with Gasteiger partial charge in [-0.1, -0.05) is 13.0 Å². The van der Waals surface area contributed by atoms with Crippen LogP contribution in [0.5, 0.6) is 5.75 Å². The average Bonchev–Trinajstić information content (AvgIpc) is 2.83. The molecule has 1 heterocycles. The monoisotopic (exact) mass is 325 g/mol. The number of benzene rings is 1. The van der Waals surface area contributed by atoms with Gasteiger partial charge in [-0.15, -0.1) is 0 Å². The fraction of sp³-hybridized carbons (Fsp3) is 0.647. The minimum atomic E-state index is -2.81. The van der Waals surface area contributed by atoms with Crippen molar-refractivity contribution in [2.75, 3.05) is 31.2 Å². The zero-order valence-corrected chi connectivity index (χ0v) is 14.7. The van der Waals surface area contributed by atoms with Gasteiger partial charge in [-0.3, -0.25) is 4.90 Å². The molecule has 0 aliphatic carbocycles. The third-order valence-electron chi connectivity index (χ3n) is 4.47.